The highest BCUT2D eigenvalue weighted by atomic mass is 16.6. The first-order valence-electron chi connectivity index (χ1n) is 8.70. The van der Waals surface area contributed by atoms with Gasteiger partial charge in [0.15, 0.2) is 0 Å². The van der Waals surface area contributed by atoms with Gasteiger partial charge in [-0.05, 0) is 39.7 Å². The van der Waals surface area contributed by atoms with Crippen LogP contribution in [0.15, 0.2) is 18.5 Å². The average molecular weight is 348 g/mol. The zero-order chi connectivity index (χ0) is 18.5. The van der Waals surface area contributed by atoms with Crippen LogP contribution in [0.4, 0.5) is 10.5 Å². The van der Waals surface area contributed by atoms with E-state index in [1.165, 1.54) is 6.20 Å². The van der Waals surface area contributed by atoms with Gasteiger partial charge in [-0.25, -0.2) is 4.79 Å². The Kier molecular flexibility index (Phi) is 5.87. The van der Waals surface area contributed by atoms with Gasteiger partial charge in [0, 0.05) is 18.9 Å². The van der Waals surface area contributed by atoms with E-state index in [1.807, 2.05) is 20.8 Å². The van der Waals surface area contributed by atoms with E-state index in [0.29, 0.717) is 17.8 Å². The minimum atomic E-state index is -0.544. The summed E-state index contributed by atoms with van der Waals surface area (Å²) >= 11 is 0. The number of anilines is 1. The molecule has 138 valence electrons. The maximum atomic E-state index is 12.3. The van der Waals surface area contributed by atoms with Crippen LogP contribution in [0.2, 0.25) is 0 Å². The Morgan fingerprint density at radius 2 is 1.96 bits per heavy atom. The van der Waals surface area contributed by atoms with E-state index in [2.05, 4.69) is 15.6 Å². The van der Waals surface area contributed by atoms with Crippen LogP contribution in [-0.2, 0) is 4.74 Å². The van der Waals surface area contributed by atoms with Gasteiger partial charge in [0.25, 0.3) is 5.91 Å². The number of rotatable bonds is 5. The monoisotopic (exact) mass is 348 g/mol. The number of carbonyl (C=O) groups is 2. The second-order valence-electron chi connectivity index (χ2n) is 7.61. The van der Waals surface area contributed by atoms with Crippen molar-refractivity contribution in [3.63, 3.8) is 0 Å². The Morgan fingerprint density at radius 3 is 2.56 bits per heavy atom. The van der Waals surface area contributed by atoms with Crippen molar-refractivity contribution in [3.05, 3.63) is 24.0 Å². The summed E-state index contributed by atoms with van der Waals surface area (Å²) in [5, 5.41) is 6.31. The number of alkyl carbamates (subject to hydrolysis) is 1. The molecule has 7 heteroatoms. The summed E-state index contributed by atoms with van der Waals surface area (Å²) in [5.74, 6) is -0.534. The molecule has 1 aliphatic carbocycles. The van der Waals surface area contributed by atoms with Gasteiger partial charge in [-0.3, -0.25) is 9.78 Å². The zero-order valence-corrected chi connectivity index (χ0v) is 15.2. The van der Waals surface area contributed by atoms with Crippen molar-refractivity contribution < 1.29 is 14.3 Å². The molecule has 0 spiro atoms. The van der Waals surface area contributed by atoms with E-state index in [1.54, 1.807) is 12.3 Å². The number of ether oxygens (including phenoxy) is 1. The molecule has 0 aromatic carbocycles. The molecule has 0 bridgehead atoms. The van der Waals surface area contributed by atoms with E-state index in [4.69, 9.17) is 10.5 Å². The van der Waals surface area contributed by atoms with Gasteiger partial charge in [-0.1, -0.05) is 19.3 Å². The third kappa shape index (κ3) is 5.62. The highest BCUT2D eigenvalue weighted by Gasteiger charge is 2.35. The fraction of sp³-hybridized carbons (Fsp3) is 0.611. The molecular formula is C18H28N4O3. The first-order valence-corrected chi connectivity index (χ1v) is 8.70. The summed E-state index contributed by atoms with van der Waals surface area (Å²) in [4.78, 5) is 27.7. The van der Waals surface area contributed by atoms with Crippen LogP contribution in [-0.4, -0.2) is 34.7 Å². The Morgan fingerprint density at radius 1 is 1.28 bits per heavy atom. The topological polar surface area (TPSA) is 106 Å². The lowest BCUT2D eigenvalue weighted by molar-refractivity contribution is 0.0434. The summed E-state index contributed by atoms with van der Waals surface area (Å²) in [6.07, 6.45) is 7.57. The number of carbonyl (C=O) groups excluding carboxylic acids is 2. The molecule has 1 saturated carbocycles. The third-order valence-corrected chi connectivity index (χ3v) is 4.28. The minimum Gasteiger partial charge on any atom is -0.444 e. The number of nitrogens with zero attached hydrogens (tertiary/aromatic N) is 1. The van der Waals surface area contributed by atoms with Crippen LogP contribution in [0.25, 0.3) is 0 Å². The first kappa shape index (κ1) is 19.0. The van der Waals surface area contributed by atoms with Gasteiger partial charge in [-0.2, -0.15) is 0 Å². The van der Waals surface area contributed by atoms with Crippen LogP contribution in [0, 0.1) is 0 Å². The van der Waals surface area contributed by atoms with E-state index in [9.17, 15) is 9.59 Å². The Balaban J connectivity index is 2.10. The molecule has 0 saturated heterocycles. The van der Waals surface area contributed by atoms with Crippen molar-refractivity contribution in [2.45, 2.75) is 64.0 Å². The molecule has 25 heavy (non-hydrogen) atoms. The lowest BCUT2D eigenvalue weighted by Gasteiger charge is -2.39. The number of amides is 2. The molecule has 4 N–H and O–H groups in total. The summed E-state index contributed by atoms with van der Waals surface area (Å²) in [7, 11) is 0. The summed E-state index contributed by atoms with van der Waals surface area (Å²) in [5.41, 5.74) is 5.41. The van der Waals surface area contributed by atoms with Gasteiger partial charge in [-0.15, -0.1) is 0 Å². The van der Waals surface area contributed by atoms with Crippen molar-refractivity contribution in [1.29, 1.82) is 0 Å². The average Bonchev–Trinajstić information content (AvgIpc) is 2.52. The first-order chi connectivity index (χ1) is 11.7. The Hall–Kier alpha value is -2.31. The molecule has 0 unspecified atom stereocenters. The second-order valence-corrected chi connectivity index (χ2v) is 7.61. The number of nitrogens with one attached hydrogen (secondary N) is 2. The maximum absolute atomic E-state index is 12.3. The third-order valence-electron chi connectivity index (χ3n) is 4.28. The van der Waals surface area contributed by atoms with E-state index in [0.717, 1.165) is 32.1 Å². The lowest BCUT2D eigenvalue weighted by atomic mass is 9.81. The Bertz CT molecular complexity index is 619. The van der Waals surface area contributed by atoms with Crippen LogP contribution in [0.1, 0.15) is 63.2 Å². The van der Waals surface area contributed by atoms with Gasteiger partial charge in [0.2, 0.25) is 0 Å². The molecule has 1 heterocycles. The van der Waals surface area contributed by atoms with Crippen LogP contribution in [0.5, 0.6) is 0 Å². The lowest BCUT2D eigenvalue weighted by Crippen LogP contribution is -2.55. The molecule has 2 rings (SSSR count). The van der Waals surface area contributed by atoms with Gasteiger partial charge in [0.05, 0.1) is 16.8 Å². The number of primary amides is 1. The molecule has 1 aromatic heterocycles. The fourth-order valence-corrected chi connectivity index (χ4v) is 3.10. The second kappa shape index (κ2) is 7.72. The smallest absolute Gasteiger partial charge is 0.408 e. The van der Waals surface area contributed by atoms with Crippen molar-refractivity contribution >= 4 is 17.7 Å². The molecule has 1 fully saturated rings. The predicted molar refractivity (Wildman–Crippen MR) is 96.4 cm³/mol. The highest BCUT2D eigenvalue weighted by Crippen LogP contribution is 2.29. The summed E-state index contributed by atoms with van der Waals surface area (Å²) in [6.45, 7) is 6.02. The Labute approximate surface area is 148 Å². The van der Waals surface area contributed by atoms with Crippen molar-refractivity contribution in [2.75, 3.05) is 11.9 Å². The number of pyridine rings is 1. The summed E-state index contributed by atoms with van der Waals surface area (Å²) in [6, 6.07) is 1.71. The van der Waals surface area contributed by atoms with E-state index >= 15 is 0 Å². The van der Waals surface area contributed by atoms with Crippen molar-refractivity contribution in [3.8, 4) is 0 Å². The van der Waals surface area contributed by atoms with E-state index in [-0.39, 0.29) is 0 Å². The van der Waals surface area contributed by atoms with Crippen LogP contribution < -0.4 is 16.4 Å². The molecule has 1 aliphatic rings. The van der Waals surface area contributed by atoms with Crippen molar-refractivity contribution in [1.82, 2.24) is 10.3 Å². The molecule has 1 aromatic rings. The molecule has 2 amide bonds. The van der Waals surface area contributed by atoms with Gasteiger partial charge < -0.3 is 21.1 Å². The molecule has 7 nitrogen and oxygen atoms in total. The fourth-order valence-electron chi connectivity index (χ4n) is 3.10. The van der Waals surface area contributed by atoms with Crippen molar-refractivity contribution in [2.24, 2.45) is 5.73 Å². The van der Waals surface area contributed by atoms with Crippen LogP contribution in [0.3, 0.4) is 0 Å². The quantitative estimate of drug-likeness (QED) is 0.758. The zero-order valence-electron chi connectivity index (χ0n) is 15.2. The number of hydrogen-bond acceptors (Lipinski definition) is 5. The molecule has 0 atom stereocenters. The molecule has 0 aliphatic heterocycles. The minimum absolute atomic E-state index is 0.339. The SMILES string of the molecule is CC(C)(C)OC(=O)NC1(CNc2ccncc2C(N)=O)CCCCC1. The largest absolute Gasteiger partial charge is 0.444 e. The maximum Gasteiger partial charge on any atom is 0.408 e. The molecular weight excluding hydrogens is 320 g/mol. The number of aromatic nitrogens is 1. The van der Waals surface area contributed by atoms with Gasteiger partial charge >= 0.3 is 6.09 Å². The molecule has 0 radical (unpaired) electrons. The van der Waals surface area contributed by atoms with Gasteiger partial charge in [0.1, 0.15) is 5.60 Å². The highest BCUT2D eigenvalue weighted by molar-refractivity contribution is 5.98. The number of hydrogen-bond donors (Lipinski definition) is 3. The number of nitrogens with two attached hydrogens (primary N) is 1. The van der Waals surface area contributed by atoms with E-state index < -0.39 is 23.1 Å². The summed E-state index contributed by atoms with van der Waals surface area (Å²) < 4.78 is 5.42. The standard InChI is InChI=1S/C18H28N4O3/c1-17(2,3)25-16(24)22-18(8-5-4-6-9-18)12-21-14-7-10-20-11-13(14)15(19)23/h7,10-11H,4-6,8-9,12H2,1-3H3,(H2,19,23)(H,20,21)(H,22,24). The predicted octanol–water partition coefficient (Wildman–Crippen LogP) is 2.82. The normalized spacial score (nSPS) is 16.8. The van der Waals surface area contributed by atoms with Crippen LogP contribution >= 0.6 is 0 Å².